The molecule has 1 aromatic heterocycles. The fourth-order valence-electron chi connectivity index (χ4n) is 1.73. The van der Waals surface area contributed by atoms with E-state index in [0.29, 0.717) is 19.0 Å². The molecule has 1 aliphatic rings. The summed E-state index contributed by atoms with van der Waals surface area (Å²) >= 11 is 0. The quantitative estimate of drug-likeness (QED) is 0.799. The monoisotopic (exact) mass is 222 g/mol. The molecule has 1 N–H and O–H groups in total. The van der Waals surface area contributed by atoms with E-state index in [1.807, 2.05) is 0 Å². The molecular formula is C10H14N4O2. The molecule has 0 radical (unpaired) electrons. The zero-order valence-corrected chi connectivity index (χ0v) is 9.09. The van der Waals surface area contributed by atoms with Gasteiger partial charge in [-0.25, -0.2) is 14.8 Å². The van der Waals surface area contributed by atoms with Gasteiger partial charge in [0.1, 0.15) is 0 Å². The van der Waals surface area contributed by atoms with Gasteiger partial charge in [-0.1, -0.05) is 0 Å². The van der Waals surface area contributed by atoms with Crippen molar-refractivity contribution >= 4 is 12.0 Å². The second-order valence-electron chi connectivity index (χ2n) is 3.62. The van der Waals surface area contributed by atoms with E-state index < -0.39 is 0 Å². The molecule has 6 heteroatoms. The van der Waals surface area contributed by atoms with Crippen LogP contribution >= 0.6 is 0 Å². The van der Waals surface area contributed by atoms with E-state index in [-0.39, 0.29) is 12.1 Å². The van der Waals surface area contributed by atoms with Crippen molar-refractivity contribution in [2.45, 2.75) is 12.5 Å². The average molecular weight is 222 g/mol. The van der Waals surface area contributed by atoms with Crippen LogP contribution in [0.15, 0.2) is 18.5 Å². The smallest absolute Gasteiger partial charge is 0.409 e. The van der Waals surface area contributed by atoms with Crippen LogP contribution < -0.4 is 5.32 Å². The van der Waals surface area contributed by atoms with Crippen LogP contribution in [0.2, 0.25) is 0 Å². The minimum absolute atomic E-state index is 0.196. The Balaban J connectivity index is 1.88. The summed E-state index contributed by atoms with van der Waals surface area (Å²) in [5, 5.41) is 3.18. The first kappa shape index (κ1) is 10.7. The minimum Gasteiger partial charge on any atom is -0.453 e. The summed E-state index contributed by atoms with van der Waals surface area (Å²) in [6, 6.07) is 1.96. The maximum atomic E-state index is 11.3. The minimum atomic E-state index is -0.279. The van der Waals surface area contributed by atoms with E-state index in [1.165, 1.54) is 7.11 Å². The van der Waals surface area contributed by atoms with Crippen molar-refractivity contribution < 1.29 is 9.53 Å². The largest absolute Gasteiger partial charge is 0.453 e. The summed E-state index contributed by atoms with van der Waals surface area (Å²) in [6.45, 7) is 1.34. The normalized spacial score (nSPS) is 19.6. The Labute approximate surface area is 93.6 Å². The van der Waals surface area contributed by atoms with Gasteiger partial charge in [0.2, 0.25) is 5.95 Å². The molecule has 6 nitrogen and oxygen atoms in total. The van der Waals surface area contributed by atoms with Gasteiger partial charge in [-0.3, -0.25) is 0 Å². The molecule has 0 aliphatic carbocycles. The van der Waals surface area contributed by atoms with Gasteiger partial charge in [-0.05, 0) is 12.5 Å². The first-order valence-corrected chi connectivity index (χ1v) is 5.16. The number of rotatable bonds is 2. The summed E-state index contributed by atoms with van der Waals surface area (Å²) < 4.78 is 4.66. The second-order valence-corrected chi connectivity index (χ2v) is 3.62. The maximum absolute atomic E-state index is 11.3. The van der Waals surface area contributed by atoms with Gasteiger partial charge in [0.05, 0.1) is 7.11 Å². The van der Waals surface area contributed by atoms with Crippen LogP contribution in [0.4, 0.5) is 10.7 Å². The number of carbonyl (C=O) groups excluding carboxylic acids is 1. The fraction of sp³-hybridized carbons (Fsp3) is 0.500. The van der Waals surface area contributed by atoms with Crippen LogP contribution in [0.1, 0.15) is 6.42 Å². The molecule has 16 heavy (non-hydrogen) atoms. The molecule has 86 valence electrons. The predicted molar refractivity (Wildman–Crippen MR) is 58.0 cm³/mol. The number of amides is 1. The number of carbonyl (C=O) groups is 1. The molecule has 0 spiro atoms. The first-order chi connectivity index (χ1) is 7.79. The van der Waals surface area contributed by atoms with Crippen molar-refractivity contribution in [2.24, 2.45) is 0 Å². The highest BCUT2D eigenvalue weighted by Crippen LogP contribution is 2.13. The molecule has 2 heterocycles. The second kappa shape index (κ2) is 4.78. The number of methoxy groups -OCH3 is 1. The summed E-state index contributed by atoms with van der Waals surface area (Å²) in [5.74, 6) is 0.596. The molecule has 1 atom stereocenters. The van der Waals surface area contributed by atoms with Gasteiger partial charge in [-0.2, -0.15) is 0 Å². The van der Waals surface area contributed by atoms with Crippen LogP contribution in [0.25, 0.3) is 0 Å². The molecule has 0 unspecified atom stereocenters. The van der Waals surface area contributed by atoms with E-state index >= 15 is 0 Å². The van der Waals surface area contributed by atoms with Crippen molar-refractivity contribution in [1.82, 2.24) is 14.9 Å². The summed E-state index contributed by atoms with van der Waals surface area (Å²) in [7, 11) is 1.39. The van der Waals surface area contributed by atoms with Crippen LogP contribution in [0.5, 0.6) is 0 Å². The number of hydrogen-bond acceptors (Lipinski definition) is 5. The zero-order chi connectivity index (χ0) is 11.4. The number of nitrogens with one attached hydrogen (secondary N) is 1. The molecule has 0 saturated carbocycles. The van der Waals surface area contributed by atoms with Crippen molar-refractivity contribution in [3.05, 3.63) is 18.5 Å². The molecule has 1 aliphatic heterocycles. The average Bonchev–Trinajstić information content (AvgIpc) is 2.78. The molecule has 0 aromatic carbocycles. The highest BCUT2D eigenvalue weighted by molar-refractivity contribution is 5.67. The third kappa shape index (κ3) is 2.39. The van der Waals surface area contributed by atoms with E-state index in [9.17, 15) is 4.79 Å². The van der Waals surface area contributed by atoms with Gasteiger partial charge >= 0.3 is 6.09 Å². The lowest BCUT2D eigenvalue weighted by Gasteiger charge is -2.15. The van der Waals surface area contributed by atoms with Crippen molar-refractivity contribution in [2.75, 3.05) is 25.5 Å². The Bertz CT molecular complexity index is 357. The number of ether oxygens (including phenoxy) is 1. The van der Waals surface area contributed by atoms with Crippen molar-refractivity contribution in [1.29, 1.82) is 0 Å². The van der Waals surface area contributed by atoms with Crippen LogP contribution in [-0.4, -0.2) is 47.2 Å². The van der Waals surface area contributed by atoms with Crippen LogP contribution in [0.3, 0.4) is 0 Å². The Hall–Kier alpha value is -1.85. The Morgan fingerprint density at radius 2 is 2.31 bits per heavy atom. The summed E-state index contributed by atoms with van der Waals surface area (Å²) in [5.41, 5.74) is 0. The number of nitrogens with zero attached hydrogens (tertiary/aromatic N) is 3. The van der Waals surface area contributed by atoms with Crippen LogP contribution in [0, 0.1) is 0 Å². The SMILES string of the molecule is COC(=O)N1CC[C@H](Nc2ncccn2)C1. The number of likely N-dealkylation sites (tertiary alicyclic amines) is 1. The number of aromatic nitrogens is 2. The van der Waals surface area contributed by atoms with E-state index in [4.69, 9.17) is 0 Å². The zero-order valence-electron chi connectivity index (χ0n) is 9.09. The van der Waals surface area contributed by atoms with Gasteiger partial charge in [0, 0.05) is 31.5 Å². The van der Waals surface area contributed by atoms with E-state index in [0.717, 1.165) is 6.42 Å². The third-order valence-electron chi connectivity index (χ3n) is 2.52. The van der Waals surface area contributed by atoms with Gasteiger partial charge in [-0.15, -0.1) is 0 Å². The number of anilines is 1. The predicted octanol–water partition coefficient (Wildman–Crippen LogP) is 0.729. The van der Waals surface area contributed by atoms with E-state index in [2.05, 4.69) is 20.0 Å². The van der Waals surface area contributed by atoms with Crippen molar-refractivity contribution in [3.63, 3.8) is 0 Å². The van der Waals surface area contributed by atoms with Gasteiger partial charge in [0.25, 0.3) is 0 Å². The summed E-state index contributed by atoms with van der Waals surface area (Å²) in [6.07, 6.45) is 3.97. The lowest BCUT2D eigenvalue weighted by molar-refractivity contribution is 0.132. The topological polar surface area (TPSA) is 67.3 Å². The Kier molecular flexibility index (Phi) is 3.19. The first-order valence-electron chi connectivity index (χ1n) is 5.16. The lowest BCUT2D eigenvalue weighted by Crippen LogP contribution is -2.31. The lowest BCUT2D eigenvalue weighted by atomic mass is 10.3. The molecule has 1 aromatic rings. The number of hydrogen-bond donors (Lipinski definition) is 1. The van der Waals surface area contributed by atoms with Crippen LogP contribution in [-0.2, 0) is 4.74 Å². The van der Waals surface area contributed by atoms with E-state index in [1.54, 1.807) is 23.4 Å². The Morgan fingerprint density at radius 1 is 1.56 bits per heavy atom. The van der Waals surface area contributed by atoms with Gasteiger partial charge in [0.15, 0.2) is 0 Å². The molecule has 0 bridgehead atoms. The highest BCUT2D eigenvalue weighted by Gasteiger charge is 2.26. The fourth-order valence-corrected chi connectivity index (χ4v) is 1.73. The standard InChI is InChI=1S/C10H14N4O2/c1-16-10(15)14-6-3-8(7-14)13-9-11-4-2-5-12-9/h2,4-5,8H,3,6-7H2,1H3,(H,11,12,13)/t8-/m0/s1. The Morgan fingerprint density at radius 3 is 3.00 bits per heavy atom. The van der Waals surface area contributed by atoms with Crippen molar-refractivity contribution in [3.8, 4) is 0 Å². The summed E-state index contributed by atoms with van der Waals surface area (Å²) in [4.78, 5) is 21.1. The molecule has 1 fully saturated rings. The maximum Gasteiger partial charge on any atom is 0.409 e. The highest BCUT2D eigenvalue weighted by atomic mass is 16.5. The molecule has 1 saturated heterocycles. The third-order valence-corrected chi connectivity index (χ3v) is 2.52. The molecular weight excluding hydrogens is 208 g/mol. The molecule has 2 rings (SSSR count). The van der Waals surface area contributed by atoms with Gasteiger partial charge < -0.3 is 15.0 Å². The molecule has 1 amide bonds.